The molecule has 4 N–H and O–H groups in total. The second kappa shape index (κ2) is 17.4. The maximum Gasteiger partial charge on any atom is 0.330 e. The van der Waals surface area contributed by atoms with Crippen molar-refractivity contribution < 1.29 is 33.6 Å². The molecule has 13 nitrogen and oxygen atoms in total. The Labute approximate surface area is 294 Å². The second-order valence-corrected chi connectivity index (χ2v) is 11.7. The first kappa shape index (κ1) is 36.8. The van der Waals surface area contributed by atoms with E-state index in [-0.39, 0.29) is 44.4 Å². The third-order valence-electron chi connectivity index (χ3n) is 8.41. The van der Waals surface area contributed by atoms with Gasteiger partial charge in [-0.15, -0.1) is 0 Å². The van der Waals surface area contributed by atoms with E-state index in [4.69, 9.17) is 18.9 Å². The van der Waals surface area contributed by atoms with Gasteiger partial charge in [0.1, 0.15) is 36.4 Å². The smallest absolute Gasteiger partial charge is 0.330 e. The molecule has 3 atom stereocenters. The molecule has 1 saturated heterocycles. The zero-order valence-corrected chi connectivity index (χ0v) is 28.3. The van der Waals surface area contributed by atoms with Crippen molar-refractivity contribution in [2.45, 2.75) is 37.4 Å². The summed E-state index contributed by atoms with van der Waals surface area (Å²) in [4.78, 5) is 50.8. The van der Waals surface area contributed by atoms with Gasteiger partial charge in [0.25, 0.3) is 5.56 Å². The topological polar surface area (TPSA) is 170 Å². The molecular weight excluding hydrogens is 656 g/mol. The Bertz CT molecular complexity index is 1920. The fourth-order valence-corrected chi connectivity index (χ4v) is 5.76. The largest absolute Gasteiger partial charge is 0.497 e. The lowest BCUT2D eigenvalue weighted by atomic mass is 9.79. The van der Waals surface area contributed by atoms with Crippen LogP contribution < -0.4 is 26.6 Å². The normalized spacial score (nSPS) is 16.4. The first-order valence-corrected chi connectivity index (χ1v) is 16.4. The molecule has 1 aliphatic heterocycles. The van der Waals surface area contributed by atoms with Crippen LogP contribution in [-0.2, 0) is 36.0 Å². The quantitative estimate of drug-likeness (QED) is 0.114. The number of aliphatic hydroxyl groups excluding tert-OH is 1. The van der Waals surface area contributed by atoms with E-state index in [2.05, 4.69) is 27.5 Å². The van der Waals surface area contributed by atoms with Crippen LogP contribution in [0.3, 0.4) is 0 Å². The summed E-state index contributed by atoms with van der Waals surface area (Å²) in [6.07, 6.45) is 1.32. The molecule has 5 rings (SSSR count). The summed E-state index contributed by atoms with van der Waals surface area (Å²) in [6, 6.07) is 25.1. The minimum atomic E-state index is -1.06. The van der Waals surface area contributed by atoms with Crippen molar-refractivity contribution in [2.75, 3.05) is 40.5 Å². The van der Waals surface area contributed by atoms with Gasteiger partial charge in [0.05, 0.1) is 33.0 Å². The molecule has 1 aliphatic rings. The number of aromatic nitrogens is 2. The van der Waals surface area contributed by atoms with E-state index in [1.54, 1.807) is 7.11 Å². The molecule has 13 heteroatoms. The van der Waals surface area contributed by atoms with Gasteiger partial charge in [0.2, 0.25) is 11.8 Å². The van der Waals surface area contributed by atoms with E-state index in [0.717, 1.165) is 22.3 Å². The first-order chi connectivity index (χ1) is 24.8. The summed E-state index contributed by atoms with van der Waals surface area (Å²) in [6.45, 7) is -0.591. The van der Waals surface area contributed by atoms with Crippen molar-refractivity contribution in [3.05, 3.63) is 134 Å². The van der Waals surface area contributed by atoms with Gasteiger partial charge in [-0.25, -0.2) is 4.79 Å². The third kappa shape index (κ3) is 8.99. The van der Waals surface area contributed by atoms with Crippen molar-refractivity contribution in [3.8, 4) is 17.6 Å². The molecule has 51 heavy (non-hydrogen) atoms. The molecule has 0 bridgehead atoms. The molecule has 0 spiro atoms. The van der Waals surface area contributed by atoms with Gasteiger partial charge in [0, 0.05) is 13.2 Å². The Morgan fingerprint density at radius 2 is 1.63 bits per heavy atom. The van der Waals surface area contributed by atoms with Crippen molar-refractivity contribution in [1.82, 2.24) is 20.2 Å². The minimum absolute atomic E-state index is 0.0249. The van der Waals surface area contributed by atoms with Gasteiger partial charge in [-0.1, -0.05) is 78.6 Å². The molecular formula is C38H40N4O9. The Morgan fingerprint density at radius 1 is 0.961 bits per heavy atom. The number of aromatic amines is 1. The SMILES string of the molecule is CNC(=O)COCC(=O)NCC#Cc1cn(C2CCC(COC(c3ccccc3)(c3ccc(CO)cc3)c3ccc(OC)cc3)O2)c(=O)[nH]c1=O. The van der Waals surface area contributed by atoms with Crippen LogP contribution in [0.5, 0.6) is 5.75 Å². The first-order valence-electron chi connectivity index (χ1n) is 16.4. The Hall–Kier alpha value is -5.52. The number of rotatable bonds is 14. The second-order valence-electron chi connectivity index (χ2n) is 11.7. The van der Waals surface area contributed by atoms with E-state index in [9.17, 15) is 24.3 Å². The zero-order chi connectivity index (χ0) is 36.2. The molecule has 0 saturated carbocycles. The molecule has 0 aliphatic carbocycles. The summed E-state index contributed by atoms with van der Waals surface area (Å²) >= 11 is 0. The standard InChI is InChI=1S/C38H40N4O9/c1-39-33(44)24-49-25-34(45)40-20-6-7-27-21-42(37(47)41-36(27)46)35-19-18-32(51-35)23-50-38(28-8-4-3-5-9-28,29-12-10-26(22-43)11-13-29)30-14-16-31(48-2)17-15-30/h3-5,8-17,21,32,35,43H,18-20,22-25H2,1-2H3,(H,39,44)(H,40,45)(H,41,46,47). The average Bonchev–Trinajstić information content (AvgIpc) is 3.64. The van der Waals surface area contributed by atoms with Gasteiger partial charge < -0.3 is 34.7 Å². The molecule has 2 amide bonds. The van der Waals surface area contributed by atoms with Crippen molar-refractivity contribution in [3.63, 3.8) is 0 Å². The lowest BCUT2D eigenvalue weighted by molar-refractivity contribution is -0.130. The van der Waals surface area contributed by atoms with Gasteiger partial charge in [-0.05, 0) is 47.2 Å². The van der Waals surface area contributed by atoms with E-state index < -0.39 is 35.1 Å². The molecule has 1 fully saturated rings. The van der Waals surface area contributed by atoms with Crippen molar-refractivity contribution >= 4 is 11.8 Å². The number of hydrogen-bond acceptors (Lipinski definition) is 9. The number of H-pyrrole nitrogens is 1. The molecule has 1 aromatic heterocycles. The number of nitrogens with zero attached hydrogens (tertiary/aromatic N) is 1. The van der Waals surface area contributed by atoms with E-state index >= 15 is 0 Å². The number of likely N-dealkylation sites (N-methyl/N-ethyl adjacent to an activating group) is 1. The number of carbonyl (C=O) groups is 2. The predicted molar refractivity (Wildman–Crippen MR) is 187 cm³/mol. The lowest BCUT2D eigenvalue weighted by Gasteiger charge is -2.37. The molecule has 4 aromatic rings. The van der Waals surface area contributed by atoms with Gasteiger partial charge >= 0.3 is 5.69 Å². The van der Waals surface area contributed by atoms with Crippen LogP contribution in [0.15, 0.2) is 94.6 Å². The number of carbonyl (C=O) groups excluding carboxylic acids is 2. The summed E-state index contributed by atoms with van der Waals surface area (Å²) in [5, 5.41) is 14.6. The van der Waals surface area contributed by atoms with Crippen LogP contribution in [0.2, 0.25) is 0 Å². The highest BCUT2D eigenvalue weighted by Crippen LogP contribution is 2.42. The number of ether oxygens (including phenoxy) is 4. The number of amides is 2. The van der Waals surface area contributed by atoms with E-state index in [0.29, 0.717) is 18.6 Å². The van der Waals surface area contributed by atoms with Crippen molar-refractivity contribution in [2.24, 2.45) is 0 Å². The highest BCUT2D eigenvalue weighted by atomic mass is 16.6. The molecule has 2 heterocycles. The zero-order valence-electron chi connectivity index (χ0n) is 28.3. The summed E-state index contributed by atoms with van der Waals surface area (Å²) in [5.74, 6) is 5.24. The lowest BCUT2D eigenvalue weighted by Crippen LogP contribution is -2.36. The molecule has 3 unspecified atom stereocenters. The van der Waals surface area contributed by atoms with Crippen LogP contribution in [0, 0.1) is 11.8 Å². The van der Waals surface area contributed by atoms with Crippen LogP contribution >= 0.6 is 0 Å². The number of aliphatic hydroxyl groups is 1. The van der Waals surface area contributed by atoms with Crippen molar-refractivity contribution in [1.29, 1.82) is 0 Å². The highest BCUT2D eigenvalue weighted by Gasteiger charge is 2.39. The Kier molecular flexibility index (Phi) is 12.6. The molecule has 3 aromatic carbocycles. The maximum absolute atomic E-state index is 12.9. The summed E-state index contributed by atoms with van der Waals surface area (Å²) in [5.41, 5.74) is 1.01. The van der Waals surface area contributed by atoms with E-state index in [1.807, 2.05) is 78.9 Å². The highest BCUT2D eigenvalue weighted by molar-refractivity contribution is 5.79. The fraction of sp³-hybridized carbons (Fsp3) is 0.316. The van der Waals surface area contributed by atoms with Gasteiger partial charge in [-0.2, -0.15) is 0 Å². The summed E-state index contributed by atoms with van der Waals surface area (Å²) < 4.78 is 25.0. The van der Waals surface area contributed by atoms with E-state index in [1.165, 1.54) is 17.8 Å². The van der Waals surface area contributed by atoms with Crippen LogP contribution in [-0.4, -0.2) is 73.1 Å². The number of benzene rings is 3. The number of methoxy groups -OCH3 is 1. The van der Waals surface area contributed by atoms with Crippen LogP contribution in [0.25, 0.3) is 0 Å². The van der Waals surface area contributed by atoms with Crippen LogP contribution in [0.4, 0.5) is 0 Å². The Morgan fingerprint density at radius 3 is 2.29 bits per heavy atom. The molecule has 266 valence electrons. The average molecular weight is 697 g/mol. The third-order valence-corrected chi connectivity index (χ3v) is 8.41. The summed E-state index contributed by atoms with van der Waals surface area (Å²) in [7, 11) is 3.07. The predicted octanol–water partition coefficient (Wildman–Crippen LogP) is 1.95. The molecule has 0 radical (unpaired) electrons. The van der Waals surface area contributed by atoms with Gasteiger partial charge in [-0.3, -0.25) is 23.9 Å². The number of hydrogen-bond donors (Lipinski definition) is 4. The monoisotopic (exact) mass is 696 g/mol. The van der Waals surface area contributed by atoms with Crippen LogP contribution in [0.1, 0.15) is 46.9 Å². The van der Waals surface area contributed by atoms with Gasteiger partial charge in [0.15, 0.2) is 0 Å². The number of nitrogens with one attached hydrogen (secondary N) is 3. The minimum Gasteiger partial charge on any atom is -0.497 e. The Balaban J connectivity index is 1.33. The maximum atomic E-state index is 12.9. The fourth-order valence-electron chi connectivity index (χ4n) is 5.76.